The highest BCUT2D eigenvalue weighted by Gasteiger charge is 2.36. The van der Waals surface area contributed by atoms with E-state index in [0.29, 0.717) is 31.9 Å². The van der Waals surface area contributed by atoms with Crippen molar-refractivity contribution in [3.05, 3.63) is 96.7 Å². The zero-order chi connectivity index (χ0) is 29.3. The summed E-state index contributed by atoms with van der Waals surface area (Å²) in [6.45, 7) is 9.43. The van der Waals surface area contributed by atoms with Gasteiger partial charge in [0.05, 0.1) is 29.5 Å². The zero-order valence-corrected chi connectivity index (χ0v) is 24.6. The van der Waals surface area contributed by atoms with Gasteiger partial charge in [0.2, 0.25) is 0 Å². The van der Waals surface area contributed by atoms with Crippen LogP contribution in [0.2, 0.25) is 0 Å². The number of phenols is 1. The van der Waals surface area contributed by atoms with Crippen molar-refractivity contribution in [2.45, 2.75) is 33.7 Å². The first-order valence-electron chi connectivity index (χ1n) is 13.7. The van der Waals surface area contributed by atoms with E-state index < -0.39 is 12.0 Å². The van der Waals surface area contributed by atoms with E-state index in [1.54, 1.807) is 37.7 Å². The number of fused-ring (bicyclic) bond motifs is 2. The molecule has 0 aliphatic carbocycles. The molecule has 2 heterocycles. The van der Waals surface area contributed by atoms with Gasteiger partial charge in [0, 0.05) is 36.0 Å². The number of ether oxygens (including phenoxy) is 2. The van der Waals surface area contributed by atoms with E-state index in [1.165, 1.54) is 11.3 Å². The van der Waals surface area contributed by atoms with Gasteiger partial charge in [-0.15, -0.1) is 0 Å². The Bertz CT molecular complexity index is 1850. The molecule has 1 N–H and O–H groups in total. The summed E-state index contributed by atoms with van der Waals surface area (Å²) in [5, 5.41) is 12.6. The standard InChI is InChI=1S/C32H33N3O5S/c1-6-34(7-2)22-15-13-21(24(36)18-22)17-26-30(37)35-29(27(31(38)40-8-3)19(4)33-32(35)41-26)28-23-12-10-9-11-20(23)14-16-25(28)39-5/h9-18,29,36H,6-8H2,1-5H3/b26-17-/t29-/m0/s1. The number of aromatic hydroxyl groups is 1. The SMILES string of the molecule is CCOC(=O)C1=C(C)N=c2s/c(=C\c3ccc(N(CC)CC)cc3O)c(=O)n2[C@@H]1c1c(OC)ccc2ccccc12. The molecule has 0 saturated heterocycles. The molecule has 0 amide bonds. The molecule has 1 aliphatic heterocycles. The van der Waals surface area contributed by atoms with Crippen LogP contribution in [0.3, 0.4) is 0 Å². The van der Waals surface area contributed by atoms with Crippen LogP contribution in [-0.4, -0.2) is 42.4 Å². The molecule has 0 radical (unpaired) electrons. The monoisotopic (exact) mass is 571 g/mol. The summed E-state index contributed by atoms with van der Waals surface area (Å²) >= 11 is 1.21. The van der Waals surface area contributed by atoms with Crippen molar-refractivity contribution >= 4 is 39.8 Å². The fraction of sp³-hybridized carbons (Fsp3) is 0.281. The van der Waals surface area contributed by atoms with Crippen LogP contribution in [-0.2, 0) is 9.53 Å². The Hall–Kier alpha value is -4.37. The van der Waals surface area contributed by atoms with Crippen molar-refractivity contribution in [2.75, 3.05) is 31.7 Å². The van der Waals surface area contributed by atoms with Crippen LogP contribution in [0.15, 0.2) is 75.7 Å². The maximum Gasteiger partial charge on any atom is 0.338 e. The molecule has 1 aliphatic rings. The van der Waals surface area contributed by atoms with Gasteiger partial charge in [-0.1, -0.05) is 41.7 Å². The van der Waals surface area contributed by atoms with Crippen LogP contribution in [0.4, 0.5) is 5.69 Å². The van der Waals surface area contributed by atoms with E-state index in [-0.39, 0.29) is 23.5 Å². The molecule has 1 atom stereocenters. The predicted molar refractivity (Wildman–Crippen MR) is 163 cm³/mol. The molecular weight excluding hydrogens is 538 g/mol. The molecule has 0 unspecified atom stereocenters. The molecule has 3 aromatic carbocycles. The lowest BCUT2D eigenvalue weighted by Crippen LogP contribution is -2.40. The van der Waals surface area contributed by atoms with Crippen LogP contribution in [0.5, 0.6) is 11.5 Å². The van der Waals surface area contributed by atoms with Gasteiger partial charge in [0.1, 0.15) is 17.5 Å². The Morgan fingerprint density at radius 3 is 2.56 bits per heavy atom. The van der Waals surface area contributed by atoms with Crippen molar-refractivity contribution < 1.29 is 19.4 Å². The van der Waals surface area contributed by atoms with Crippen LogP contribution in [0.25, 0.3) is 16.8 Å². The second-order valence-corrected chi connectivity index (χ2v) is 10.6. The van der Waals surface area contributed by atoms with Crippen molar-refractivity contribution in [1.82, 2.24) is 4.57 Å². The average molecular weight is 572 g/mol. The van der Waals surface area contributed by atoms with Gasteiger partial charge < -0.3 is 19.5 Å². The summed E-state index contributed by atoms with van der Waals surface area (Å²) in [4.78, 5) is 34.8. The number of thiazole rings is 1. The first-order chi connectivity index (χ1) is 19.8. The molecule has 0 bridgehead atoms. The normalized spacial score (nSPS) is 15.0. The van der Waals surface area contributed by atoms with E-state index in [1.807, 2.05) is 48.5 Å². The van der Waals surface area contributed by atoms with E-state index in [4.69, 9.17) is 9.47 Å². The van der Waals surface area contributed by atoms with Crippen LogP contribution in [0, 0.1) is 0 Å². The van der Waals surface area contributed by atoms with Gasteiger partial charge in [0.15, 0.2) is 4.80 Å². The minimum absolute atomic E-state index is 0.0795. The molecule has 5 rings (SSSR count). The van der Waals surface area contributed by atoms with Gasteiger partial charge in [-0.25, -0.2) is 9.79 Å². The first-order valence-corrected chi connectivity index (χ1v) is 14.5. The largest absolute Gasteiger partial charge is 0.507 e. The Morgan fingerprint density at radius 2 is 1.88 bits per heavy atom. The third-order valence-electron chi connectivity index (χ3n) is 7.37. The van der Waals surface area contributed by atoms with E-state index in [2.05, 4.69) is 23.7 Å². The quantitative estimate of drug-likeness (QED) is 0.313. The highest BCUT2D eigenvalue weighted by Crippen LogP contribution is 2.40. The van der Waals surface area contributed by atoms with Crippen LogP contribution in [0.1, 0.15) is 44.9 Å². The lowest BCUT2D eigenvalue weighted by molar-refractivity contribution is -0.139. The lowest BCUT2D eigenvalue weighted by atomic mass is 9.90. The number of nitrogens with zero attached hydrogens (tertiary/aromatic N) is 3. The molecule has 41 heavy (non-hydrogen) atoms. The highest BCUT2D eigenvalue weighted by atomic mass is 32.1. The lowest BCUT2D eigenvalue weighted by Gasteiger charge is -2.27. The van der Waals surface area contributed by atoms with Crippen LogP contribution < -0.4 is 24.5 Å². The molecular formula is C32H33N3O5S. The molecule has 0 spiro atoms. The minimum Gasteiger partial charge on any atom is -0.507 e. The maximum atomic E-state index is 14.1. The number of methoxy groups -OCH3 is 1. The second-order valence-electron chi connectivity index (χ2n) is 9.62. The number of benzene rings is 3. The summed E-state index contributed by atoms with van der Waals surface area (Å²) < 4.78 is 13.2. The number of hydrogen-bond acceptors (Lipinski definition) is 8. The van der Waals surface area contributed by atoms with Gasteiger partial charge in [0.25, 0.3) is 5.56 Å². The predicted octanol–water partition coefficient (Wildman–Crippen LogP) is 4.51. The number of hydrogen-bond donors (Lipinski definition) is 1. The highest BCUT2D eigenvalue weighted by molar-refractivity contribution is 7.07. The third kappa shape index (κ3) is 5.02. The molecule has 0 saturated carbocycles. The van der Waals surface area contributed by atoms with Gasteiger partial charge in [-0.2, -0.15) is 0 Å². The third-order valence-corrected chi connectivity index (χ3v) is 8.35. The van der Waals surface area contributed by atoms with Crippen LogP contribution >= 0.6 is 11.3 Å². The topological polar surface area (TPSA) is 93.4 Å². The average Bonchev–Trinajstić information content (AvgIpc) is 3.27. The van der Waals surface area contributed by atoms with Crippen molar-refractivity contribution in [3.63, 3.8) is 0 Å². The number of anilines is 1. The number of carbonyl (C=O) groups is 1. The Kier molecular flexibility index (Phi) is 7.99. The molecule has 4 aromatic rings. The Balaban J connectivity index is 1.77. The number of esters is 1. The summed E-state index contributed by atoms with van der Waals surface area (Å²) in [5.74, 6) is 0.0907. The number of phenolic OH excluding ortho intramolecular Hbond substituents is 1. The van der Waals surface area contributed by atoms with E-state index in [9.17, 15) is 14.7 Å². The van der Waals surface area contributed by atoms with Gasteiger partial charge in [-0.05, 0) is 62.7 Å². The number of aromatic nitrogens is 1. The van der Waals surface area contributed by atoms with Crippen molar-refractivity contribution in [1.29, 1.82) is 0 Å². The molecule has 0 fully saturated rings. The summed E-state index contributed by atoms with van der Waals surface area (Å²) in [6, 6.07) is 16.2. The van der Waals surface area contributed by atoms with Gasteiger partial charge >= 0.3 is 5.97 Å². The molecule has 1 aromatic heterocycles. The van der Waals surface area contributed by atoms with E-state index in [0.717, 1.165) is 29.5 Å². The smallest absolute Gasteiger partial charge is 0.338 e. The minimum atomic E-state index is -0.827. The van der Waals surface area contributed by atoms with E-state index >= 15 is 0 Å². The first kappa shape index (κ1) is 28.2. The summed E-state index contributed by atoms with van der Waals surface area (Å²) in [5.41, 5.74) is 2.54. The fourth-order valence-electron chi connectivity index (χ4n) is 5.38. The summed E-state index contributed by atoms with van der Waals surface area (Å²) in [7, 11) is 1.57. The fourth-order valence-corrected chi connectivity index (χ4v) is 6.42. The zero-order valence-electron chi connectivity index (χ0n) is 23.8. The number of carbonyl (C=O) groups excluding carboxylic acids is 1. The summed E-state index contributed by atoms with van der Waals surface area (Å²) in [6.07, 6.45) is 1.67. The Morgan fingerprint density at radius 1 is 1.12 bits per heavy atom. The Labute approximate surface area is 242 Å². The van der Waals surface area contributed by atoms with Crippen molar-refractivity contribution in [3.8, 4) is 11.5 Å². The molecule has 212 valence electrons. The molecule has 8 nitrogen and oxygen atoms in total. The van der Waals surface area contributed by atoms with Gasteiger partial charge in [-0.3, -0.25) is 9.36 Å². The number of rotatable bonds is 8. The second kappa shape index (κ2) is 11.6. The number of allylic oxidation sites excluding steroid dienone is 1. The molecule has 9 heteroatoms. The maximum absolute atomic E-state index is 14.1. The van der Waals surface area contributed by atoms with Crippen molar-refractivity contribution in [2.24, 2.45) is 4.99 Å².